The molecule has 0 aliphatic carbocycles. The summed E-state index contributed by atoms with van der Waals surface area (Å²) in [7, 11) is -3.49. The zero-order valence-corrected chi connectivity index (χ0v) is 13.0. The van der Waals surface area contributed by atoms with E-state index in [1.54, 1.807) is 10.4 Å². The third kappa shape index (κ3) is 3.39. The minimum atomic E-state index is -3.49. The summed E-state index contributed by atoms with van der Waals surface area (Å²) in [6.45, 7) is 2.49. The molecule has 1 unspecified atom stereocenters. The van der Waals surface area contributed by atoms with Crippen molar-refractivity contribution in [3.05, 3.63) is 17.0 Å². The fraction of sp³-hybridized carbons (Fsp3) is 0.615. The Hall–Kier alpha value is -0.920. The molecule has 0 amide bonds. The standard InChI is InChI=1S/C13H19NO4S2/c1-10-5-3-2-4-8-14(10)20(17,18)13-7-6-11(19-13)9-12(15)16/h6-7,10H,2-5,8-9H2,1H3,(H,15,16). The lowest BCUT2D eigenvalue weighted by Gasteiger charge is -2.25. The quantitative estimate of drug-likeness (QED) is 0.925. The predicted molar refractivity (Wildman–Crippen MR) is 77.5 cm³/mol. The van der Waals surface area contributed by atoms with Gasteiger partial charge in [-0.3, -0.25) is 4.79 Å². The van der Waals surface area contributed by atoms with Crippen LogP contribution in [0.4, 0.5) is 0 Å². The highest BCUT2D eigenvalue weighted by Gasteiger charge is 2.31. The summed E-state index contributed by atoms with van der Waals surface area (Å²) in [5, 5.41) is 8.75. The van der Waals surface area contributed by atoms with Crippen LogP contribution in [0.3, 0.4) is 0 Å². The summed E-state index contributed by atoms with van der Waals surface area (Å²) in [5.41, 5.74) is 0. The molecule has 2 rings (SSSR count). The van der Waals surface area contributed by atoms with E-state index >= 15 is 0 Å². The third-order valence-corrected chi connectivity index (χ3v) is 7.08. The van der Waals surface area contributed by atoms with E-state index in [-0.39, 0.29) is 16.7 Å². The fourth-order valence-electron chi connectivity index (χ4n) is 2.46. The monoisotopic (exact) mass is 317 g/mol. The van der Waals surface area contributed by atoms with Crippen LogP contribution in [0.5, 0.6) is 0 Å². The molecule has 1 N–H and O–H groups in total. The first-order valence-corrected chi connectivity index (χ1v) is 8.99. The minimum Gasteiger partial charge on any atom is -0.481 e. The lowest BCUT2D eigenvalue weighted by atomic mass is 10.1. The highest BCUT2D eigenvalue weighted by molar-refractivity contribution is 7.91. The third-order valence-electron chi connectivity index (χ3n) is 3.52. The van der Waals surface area contributed by atoms with E-state index in [0.29, 0.717) is 11.4 Å². The lowest BCUT2D eigenvalue weighted by Crippen LogP contribution is -2.37. The number of hydrogen-bond donors (Lipinski definition) is 1. The first-order valence-electron chi connectivity index (χ1n) is 6.73. The molecule has 112 valence electrons. The van der Waals surface area contributed by atoms with Crippen LogP contribution in [0.25, 0.3) is 0 Å². The number of carboxylic acid groups (broad SMARTS) is 1. The van der Waals surface area contributed by atoms with Gasteiger partial charge in [-0.15, -0.1) is 11.3 Å². The maximum atomic E-state index is 12.6. The maximum Gasteiger partial charge on any atom is 0.308 e. The molecule has 1 atom stereocenters. The van der Waals surface area contributed by atoms with Crippen molar-refractivity contribution in [1.29, 1.82) is 0 Å². The number of aliphatic carboxylic acids is 1. The Balaban J connectivity index is 2.24. The van der Waals surface area contributed by atoms with E-state index in [1.165, 1.54) is 6.07 Å². The molecule has 0 bridgehead atoms. The van der Waals surface area contributed by atoms with E-state index in [4.69, 9.17) is 5.11 Å². The topological polar surface area (TPSA) is 74.7 Å². The molecule has 1 fully saturated rings. The molecule has 1 saturated heterocycles. The van der Waals surface area contributed by atoms with Gasteiger partial charge in [0.1, 0.15) is 4.21 Å². The van der Waals surface area contributed by atoms with Gasteiger partial charge in [-0.2, -0.15) is 4.31 Å². The normalized spacial score (nSPS) is 21.6. The van der Waals surface area contributed by atoms with Gasteiger partial charge >= 0.3 is 5.97 Å². The molecule has 7 heteroatoms. The molecule has 2 heterocycles. The molecule has 0 radical (unpaired) electrons. The van der Waals surface area contributed by atoms with Crippen LogP contribution in [0.1, 0.15) is 37.5 Å². The molecule has 0 spiro atoms. The molecule has 0 saturated carbocycles. The Labute approximate surface area is 123 Å². The Morgan fingerprint density at radius 1 is 1.40 bits per heavy atom. The smallest absolute Gasteiger partial charge is 0.308 e. The van der Waals surface area contributed by atoms with Gasteiger partial charge in [0.2, 0.25) is 0 Å². The van der Waals surface area contributed by atoms with Crippen molar-refractivity contribution in [2.75, 3.05) is 6.54 Å². The molecular formula is C13H19NO4S2. The maximum absolute atomic E-state index is 12.6. The molecule has 20 heavy (non-hydrogen) atoms. The Morgan fingerprint density at radius 2 is 2.15 bits per heavy atom. The fourth-order valence-corrected chi connectivity index (χ4v) is 5.64. The van der Waals surface area contributed by atoms with Crippen LogP contribution in [0, 0.1) is 0 Å². The summed E-state index contributed by atoms with van der Waals surface area (Å²) in [6, 6.07) is 3.12. The second kappa shape index (κ2) is 6.24. The zero-order chi connectivity index (χ0) is 14.8. The molecule has 1 aliphatic heterocycles. The average Bonchev–Trinajstić information content (AvgIpc) is 2.70. The predicted octanol–water partition coefficient (Wildman–Crippen LogP) is 2.33. The van der Waals surface area contributed by atoms with Gasteiger partial charge in [0, 0.05) is 17.5 Å². The van der Waals surface area contributed by atoms with Crippen LogP contribution in [-0.2, 0) is 21.2 Å². The number of thiophene rings is 1. The van der Waals surface area contributed by atoms with E-state index in [9.17, 15) is 13.2 Å². The van der Waals surface area contributed by atoms with E-state index in [2.05, 4.69) is 0 Å². The number of rotatable bonds is 4. The summed E-state index contributed by atoms with van der Waals surface area (Å²) in [5.74, 6) is -0.945. The van der Waals surface area contributed by atoms with E-state index in [1.807, 2.05) is 6.92 Å². The number of hydrogen-bond acceptors (Lipinski definition) is 4. The van der Waals surface area contributed by atoms with Crippen molar-refractivity contribution in [1.82, 2.24) is 4.31 Å². The molecule has 1 aliphatic rings. The average molecular weight is 317 g/mol. The van der Waals surface area contributed by atoms with Crippen LogP contribution in [0.2, 0.25) is 0 Å². The van der Waals surface area contributed by atoms with Gasteiger partial charge in [0.05, 0.1) is 6.42 Å². The van der Waals surface area contributed by atoms with Crippen LogP contribution in [0.15, 0.2) is 16.3 Å². The highest BCUT2D eigenvalue weighted by Crippen LogP contribution is 2.29. The van der Waals surface area contributed by atoms with Crippen molar-refractivity contribution in [3.63, 3.8) is 0 Å². The first-order chi connectivity index (χ1) is 9.41. The minimum absolute atomic E-state index is 0.00697. The van der Waals surface area contributed by atoms with Crippen LogP contribution < -0.4 is 0 Å². The van der Waals surface area contributed by atoms with Crippen LogP contribution >= 0.6 is 11.3 Å². The highest BCUT2D eigenvalue weighted by atomic mass is 32.2. The number of sulfonamides is 1. The molecule has 1 aromatic heterocycles. The zero-order valence-electron chi connectivity index (χ0n) is 11.4. The number of carboxylic acids is 1. The largest absolute Gasteiger partial charge is 0.481 e. The molecule has 5 nitrogen and oxygen atoms in total. The first kappa shape index (κ1) is 15.5. The van der Waals surface area contributed by atoms with Crippen molar-refractivity contribution < 1.29 is 18.3 Å². The number of nitrogens with zero attached hydrogens (tertiary/aromatic N) is 1. The lowest BCUT2D eigenvalue weighted by molar-refractivity contribution is -0.136. The number of carbonyl (C=O) groups is 1. The van der Waals surface area contributed by atoms with Crippen molar-refractivity contribution in [2.24, 2.45) is 0 Å². The molecule has 0 aromatic carbocycles. The Bertz CT molecular complexity index is 579. The van der Waals surface area contributed by atoms with Crippen molar-refractivity contribution >= 4 is 27.3 Å². The summed E-state index contributed by atoms with van der Waals surface area (Å²) < 4.78 is 27.1. The Morgan fingerprint density at radius 3 is 2.85 bits per heavy atom. The van der Waals surface area contributed by atoms with Gasteiger partial charge in [0.15, 0.2) is 0 Å². The van der Waals surface area contributed by atoms with Gasteiger partial charge in [0.25, 0.3) is 10.0 Å². The van der Waals surface area contributed by atoms with Gasteiger partial charge in [-0.1, -0.05) is 12.8 Å². The van der Waals surface area contributed by atoms with Crippen LogP contribution in [-0.4, -0.2) is 36.4 Å². The van der Waals surface area contributed by atoms with Crippen molar-refractivity contribution in [3.8, 4) is 0 Å². The van der Waals surface area contributed by atoms with Gasteiger partial charge in [-0.25, -0.2) is 8.42 Å². The summed E-state index contributed by atoms with van der Waals surface area (Å²) in [6.07, 6.45) is 3.76. The van der Waals surface area contributed by atoms with E-state index < -0.39 is 16.0 Å². The summed E-state index contributed by atoms with van der Waals surface area (Å²) in [4.78, 5) is 11.2. The van der Waals surface area contributed by atoms with Crippen molar-refractivity contribution in [2.45, 2.75) is 49.3 Å². The molecule has 1 aromatic rings. The van der Waals surface area contributed by atoms with E-state index in [0.717, 1.165) is 37.0 Å². The molecular weight excluding hydrogens is 298 g/mol. The van der Waals surface area contributed by atoms with Gasteiger partial charge < -0.3 is 5.11 Å². The second-order valence-electron chi connectivity index (χ2n) is 5.11. The summed E-state index contributed by atoms with van der Waals surface area (Å²) >= 11 is 1.06. The SMILES string of the molecule is CC1CCCCCN1S(=O)(=O)c1ccc(CC(=O)O)s1. The van der Waals surface area contributed by atoms with Gasteiger partial charge in [-0.05, 0) is 31.9 Å². The Kier molecular flexibility index (Phi) is 4.82. The second-order valence-corrected chi connectivity index (χ2v) is 8.39.